The van der Waals surface area contributed by atoms with Gasteiger partial charge in [0.1, 0.15) is 6.10 Å². The lowest BCUT2D eigenvalue weighted by atomic mass is 9.95. The number of ether oxygens (including phenoxy) is 1. The molecule has 1 aromatic heterocycles. The molecule has 4 rings (SSSR count). The minimum absolute atomic E-state index is 0.0323. The number of hydrogen-bond donors (Lipinski definition) is 2. The normalized spacial score (nSPS) is 22.3. The summed E-state index contributed by atoms with van der Waals surface area (Å²) in [4.78, 5) is 26.1. The Labute approximate surface area is 210 Å². The predicted molar refractivity (Wildman–Crippen MR) is 139 cm³/mol. The first kappa shape index (κ1) is 25.8. The molecule has 2 heterocycles. The number of aromatic nitrogens is 2. The number of aliphatic hydroxyl groups is 1. The van der Waals surface area contributed by atoms with Crippen LogP contribution in [0, 0.1) is 17.2 Å². The summed E-state index contributed by atoms with van der Waals surface area (Å²) in [7, 11) is -2.87. The van der Waals surface area contributed by atoms with Gasteiger partial charge in [0.25, 0.3) is 13.9 Å². The van der Waals surface area contributed by atoms with Crippen LogP contribution in [0.25, 0.3) is 0 Å². The quantitative estimate of drug-likeness (QED) is 0.474. The molecule has 8 nitrogen and oxygen atoms in total. The van der Waals surface area contributed by atoms with E-state index in [2.05, 4.69) is 56.1 Å². The first-order valence-electron chi connectivity index (χ1n) is 12.0. The fraction of sp³-hybridized carbons (Fsp3) is 0.370. The number of nitrogens with zero attached hydrogens (tertiary/aromatic N) is 2. The molecule has 1 fully saturated rings. The third kappa shape index (κ3) is 4.73. The molecule has 2 N–H and O–H groups in total. The van der Waals surface area contributed by atoms with Crippen LogP contribution in [0.2, 0.25) is 5.04 Å². The highest BCUT2D eigenvalue weighted by molar-refractivity contribution is 6.99. The third-order valence-electron chi connectivity index (χ3n) is 6.86. The molecule has 0 saturated carbocycles. The van der Waals surface area contributed by atoms with Crippen molar-refractivity contribution in [2.45, 2.75) is 50.7 Å². The van der Waals surface area contributed by atoms with E-state index in [0.29, 0.717) is 0 Å². The van der Waals surface area contributed by atoms with Crippen molar-refractivity contribution in [1.82, 2.24) is 9.55 Å². The Balaban J connectivity index is 1.72. The minimum Gasteiger partial charge on any atom is -0.405 e. The Kier molecular flexibility index (Phi) is 7.43. The second kappa shape index (κ2) is 10.4. The van der Waals surface area contributed by atoms with Crippen LogP contribution in [0.1, 0.15) is 33.4 Å². The van der Waals surface area contributed by atoms with E-state index in [1.54, 1.807) is 0 Å². The number of nitrogens with one attached hydrogen (secondary N) is 1. The second-order valence-corrected chi connectivity index (χ2v) is 14.4. The van der Waals surface area contributed by atoms with Crippen molar-refractivity contribution in [3.05, 3.63) is 93.8 Å². The summed E-state index contributed by atoms with van der Waals surface area (Å²) in [6.45, 7) is 6.63. The highest BCUT2D eigenvalue weighted by Gasteiger charge is 2.52. The van der Waals surface area contributed by atoms with E-state index < -0.39 is 43.9 Å². The second-order valence-electron chi connectivity index (χ2n) is 10.1. The maximum atomic E-state index is 12.4. The number of aliphatic hydroxyl groups excluding tert-OH is 1. The molecule has 4 atom stereocenters. The molecule has 1 saturated heterocycles. The fourth-order valence-electron chi connectivity index (χ4n) is 5.14. The van der Waals surface area contributed by atoms with Crippen LogP contribution in [0.15, 0.2) is 82.5 Å². The van der Waals surface area contributed by atoms with Crippen molar-refractivity contribution in [3.63, 3.8) is 0 Å². The van der Waals surface area contributed by atoms with Gasteiger partial charge in [-0.25, -0.2) is 4.79 Å². The van der Waals surface area contributed by atoms with Crippen LogP contribution in [-0.4, -0.2) is 41.8 Å². The Morgan fingerprint density at radius 3 is 2.14 bits per heavy atom. The van der Waals surface area contributed by atoms with Crippen molar-refractivity contribution >= 4 is 18.7 Å². The van der Waals surface area contributed by atoms with E-state index in [-0.39, 0.29) is 18.1 Å². The van der Waals surface area contributed by atoms with E-state index in [0.717, 1.165) is 14.9 Å². The fourth-order valence-corrected chi connectivity index (χ4v) is 9.71. The van der Waals surface area contributed by atoms with E-state index in [4.69, 9.17) is 9.16 Å². The lowest BCUT2D eigenvalue weighted by Gasteiger charge is -2.43. The molecule has 3 aromatic rings. The van der Waals surface area contributed by atoms with Gasteiger partial charge in [-0.2, -0.15) is 5.26 Å². The number of H-pyrrole nitrogens is 1. The van der Waals surface area contributed by atoms with Crippen LogP contribution in [0.5, 0.6) is 0 Å². The summed E-state index contributed by atoms with van der Waals surface area (Å²) in [6.07, 6.45) is -1.47. The maximum absolute atomic E-state index is 12.4. The number of benzene rings is 2. The van der Waals surface area contributed by atoms with Gasteiger partial charge in [0.2, 0.25) is 0 Å². The van der Waals surface area contributed by atoms with E-state index in [1.807, 2.05) is 36.4 Å². The molecule has 0 aliphatic carbocycles. The smallest absolute Gasteiger partial charge is 0.330 e. The first-order chi connectivity index (χ1) is 17.2. The summed E-state index contributed by atoms with van der Waals surface area (Å²) in [5.41, 5.74) is -1.22. The molecule has 0 amide bonds. The Hall–Kier alpha value is -3.29. The van der Waals surface area contributed by atoms with Gasteiger partial charge in [-0.05, 0) is 15.4 Å². The average Bonchev–Trinajstić information content (AvgIpc) is 3.15. The van der Waals surface area contributed by atoms with Gasteiger partial charge >= 0.3 is 5.69 Å². The van der Waals surface area contributed by atoms with Crippen LogP contribution in [0.3, 0.4) is 0 Å². The minimum atomic E-state index is -2.87. The standard InChI is InChI=1S/C27H31N3O5Si/c1-27(2,3)36(19-10-6-4-7-11-19,20-12-8-5-9-13-20)34-18-22-21(14-16-28)24(32)25(35-22)30-17-15-23(31)29-26(30)33/h4-13,15,17,21-22,24-25,32H,14,18H2,1-3H3,(H,29,31,33)/t21-,22-,24-,25?/m1/s1. The summed E-state index contributed by atoms with van der Waals surface area (Å²) in [5.74, 6) is -0.572. The molecule has 1 aliphatic heterocycles. The van der Waals surface area contributed by atoms with Crippen molar-refractivity contribution in [3.8, 4) is 6.07 Å². The van der Waals surface area contributed by atoms with E-state index in [9.17, 15) is 20.0 Å². The largest absolute Gasteiger partial charge is 0.405 e. The van der Waals surface area contributed by atoms with Crippen LogP contribution >= 0.6 is 0 Å². The molecule has 0 radical (unpaired) electrons. The van der Waals surface area contributed by atoms with Crippen molar-refractivity contribution in [1.29, 1.82) is 5.26 Å². The van der Waals surface area contributed by atoms with E-state index >= 15 is 0 Å². The SMILES string of the molecule is CC(C)(C)[Si](OC[C@H]1OC(n2ccc(=O)[nH]c2=O)[C@H](O)[C@@H]1CC#N)(c1ccccc1)c1ccccc1. The predicted octanol–water partition coefficient (Wildman–Crippen LogP) is 1.90. The number of rotatable bonds is 7. The molecule has 2 aromatic carbocycles. The van der Waals surface area contributed by atoms with Gasteiger partial charge in [-0.15, -0.1) is 0 Å². The Morgan fingerprint density at radius 1 is 1.06 bits per heavy atom. The monoisotopic (exact) mass is 505 g/mol. The first-order valence-corrected chi connectivity index (χ1v) is 13.9. The summed E-state index contributed by atoms with van der Waals surface area (Å²) in [5, 5.41) is 22.5. The number of aromatic amines is 1. The highest BCUT2D eigenvalue weighted by atomic mass is 28.4. The third-order valence-corrected chi connectivity index (χ3v) is 11.9. The van der Waals surface area contributed by atoms with Gasteiger partial charge in [0.15, 0.2) is 6.23 Å². The van der Waals surface area contributed by atoms with Crippen molar-refractivity contribution in [2.75, 3.05) is 6.61 Å². The zero-order valence-corrected chi connectivity index (χ0v) is 21.6. The van der Waals surface area contributed by atoms with Crippen LogP contribution in [0.4, 0.5) is 0 Å². The zero-order chi connectivity index (χ0) is 25.9. The van der Waals surface area contributed by atoms with E-state index in [1.165, 1.54) is 12.3 Å². The lowest BCUT2D eigenvalue weighted by molar-refractivity contribution is -0.0515. The molecule has 1 aliphatic rings. The molecule has 0 bridgehead atoms. The van der Waals surface area contributed by atoms with Gasteiger partial charge in [-0.1, -0.05) is 81.4 Å². The summed E-state index contributed by atoms with van der Waals surface area (Å²) in [6, 6.07) is 23.6. The molecular formula is C27H31N3O5Si. The zero-order valence-electron chi connectivity index (χ0n) is 20.6. The van der Waals surface area contributed by atoms with Crippen LogP contribution in [-0.2, 0) is 9.16 Å². The average molecular weight is 506 g/mol. The molecular weight excluding hydrogens is 474 g/mol. The molecule has 188 valence electrons. The van der Waals surface area contributed by atoms with Gasteiger partial charge in [0, 0.05) is 24.6 Å². The molecule has 9 heteroatoms. The lowest BCUT2D eigenvalue weighted by Crippen LogP contribution is -2.67. The van der Waals surface area contributed by atoms with Gasteiger partial charge in [0.05, 0.1) is 18.8 Å². The molecule has 0 spiro atoms. The topological polar surface area (TPSA) is 117 Å². The van der Waals surface area contributed by atoms with Crippen molar-refractivity contribution < 1.29 is 14.3 Å². The Bertz CT molecular complexity index is 1290. The molecule has 1 unspecified atom stereocenters. The Morgan fingerprint density at radius 2 is 1.64 bits per heavy atom. The van der Waals surface area contributed by atoms with Gasteiger partial charge in [-0.3, -0.25) is 14.3 Å². The number of nitriles is 1. The van der Waals surface area contributed by atoms with Crippen molar-refractivity contribution in [2.24, 2.45) is 5.92 Å². The maximum Gasteiger partial charge on any atom is 0.330 e. The summed E-state index contributed by atoms with van der Waals surface area (Å²) < 4.78 is 14.3. The van der Waals surface area contributed by atoms with Gasteiger partial charge < -0.3 is 14.3 Å². The summed E-state index contributed by atoms with van der Waals surface area (Å²) >= 11 is 0. The van der Waals surface area contributed by atoms with Crippen LogP contribution < -0.4 is 21.6 Å². The highest BCUT2D eigenvalue weighted by Crippen LogP contribution is 2.39. The number of hydrogen-bond acceptors (Lipinski definition) is 6. The molecule has 36 heavy (non-hydrogen) atoms.